The first kappa shape index (κ1) is 11.9. The quantitative estimate of drug-likeness (QED) is 0.657. The van der Waals surface area contributed by atoms with E-state index in [0.29, 0.717) is 6.54 Å². The van der Waals surface area contributed by atoms with Crippen molar-refractivity contribution in [3.63, 3.8) is 0 Å². The molecule has 0 fully saturated rings. The van der Waals surface area contributed by atoms with Gasteiger partial charge in [0, 0.05) is 11.6 Å². The summed E-state index contributed by atoms with van der Waals surface area (Å²) < 4.78 is 2.13. The Hall–Kier alpha value is -2.16. The molecule has 19 heavy (non-hydrogen) atoms. The second-order valence-electron chi connectivity index (χ2n) is 5.05. The van der Waals surface area contributed by atoms with Crippen molar-refractivity contribution in [2.24, 2.45) is 5.92 Å². The van der Waals surface area contributed by atoms with Crippen LogP contribution in [0.1, 0.15) is 15.9 Å². The Morgan fingerprint density at radius 2 is 2.00 bits per heavy atom. The van der Waals surface area contributed by atoms with Crippen molar-refractivity contribution in [3.05, 3.63) is 59.8 Å². The van der Waals surface area contributed by atoms with Crippen molar-refractivity contribution in [2.75, 3.05) is 11.9 Å². The van der Waals surface area contributed by atoms with Crippen molar-refractivity contribution in [2.45, 2.75) is 13.5 Å². The average molecular weight is 253 g/mol. The number of nitrogens with one attached hydrogen (secondary N) is 1. The Kier molecular flexibility index (Phi) is 3.03. The zero-order valence-electron chi connectivity index (χ0n) is 11.0. The molecule has 1 aliphatic rings. The first-order valence-corrected chi connectivity index (χ1v) is 6.57. The number of aromatic nitrogens is 1. The van der Waals surface area contributed by atoms with Crippen LogP contribution in [0.15, 0.2) is 48.7 Å². The van der Waals surface area contributed by atoms with Gasteiger partial charge in [-0.15, -0.1) is 0 Å². The van der Waals surface area contributed by atoms with Crippen LogP contribution in [0.4, 0.5) is 5.82 Å². The second-order valence-corrected chi connectivity index (χ2v) is 5.05. The van der Waals surface area contributed by atoms with E-state index in [0.717, 1.165) is 17.9 Å². The molecule has 3 heteroatoms. The maximum Gasteiger partial charge on any atom is 0.274 e. The summed E-state index contributed by atoms with van der Waals surface area (Å²) in [5.74, 6) is 1.30. The monoisotopic (exact) mass is 253 g/mol. The number of fused-ring (bicyclic) bond motifs is 1. The molecular weight excluding hydrogens is 236 g/mol. The fraction of sp³-hybridized carbons (Fsp3) is 0.250. The van der Waals surface area contributed by atoms with Crippen LogP contribution in [-0.2, 0) is 6.54 Å². The van der Waals surface area contributed by atoms with Crippen LogP contribution in [0.3, 0.4) is 0 Å². The van der Waals surface area contributed by atoms with Gasteiger partial charge >= 0.3 is 0 Å². The van der Waals surface area contributed by atoms with E-state index in [4.69, 9.17) is 0 Å². The molecule has 3 nitrogen and oxygen atoms in total. The van der Waals surface area contributed by atoms with Crippen LogP contribution in [-0.4, -0.2) is 12.3 Å². The number of nitrogens with zero attached hydrogens (tertiary/aromatic N) is 1. The van der Waals surface area contributed by atoms with Gasteiger partial charge in [-0.1, -0.05) is 30.3 Å². The molecule has 2 aromatic rings. The van der Waals surface area contributed by atoms with E-state index in [2.05, 4.69) is 35.1 Å². The third-order valence-corrected chi connectivity index (χ3v) is 3.55. The average Bonchev–Trinajstić information content (AvgIpc) is 2.46. The summed E-state index contributed by atoms with van der Waals surface area (Å²) in [6.07, 6.45) is 2.09. The molecular formula is C16H17N2O+. The first-order valence-electron chi connectivity index (χ1n) is 6.57. The standard InChI is InChI=1S/C16H16N2O/c1-12-7-8-15-17-9-14(11-18(15)10-12)16(19)13-5-3-2-4-6-13/h2-8,10,14H,9,11H2,1H3/p+1. The molecule has 0 radical (unpaired) electrons. The maximum atomic E-state index is 12.4. The number of aryl methyl sites for hydroxylation is 1. The molecule has 0 saturated heterocycles. The minimum absolute atomic E-state index is 0.00157. The molecule has 1 aliphatic heterocycles. The number of hydrogen-bond donors (Lipinski definition) is 1. The van der Waals surface area contributed by atoms with Gasteiger partial charge < -0.3 is 0 Å². The highest BCUT2D eigenvalue weighted by Crippen LogP contribution is 2.15. The van der Waals surface area contributed by atoms with E-state index in [1.54, 1.807) is 0 Å². The molecule has 2 heterocycles. The fourth-order valence-electron chi connectivity index (χ4n) is 2.52. The van der Waals surface area contributed by atoms with E-state index in [-0.39, 0.29) is 11.7 Å². The topological polar surface area (TPSA) is 33.0 Å². The van der Waals surface area contributed by atoms with Crippen LogP contribution in [0.2, 0.25) is 0 Å². The van der Waals surface area contributed by atoms with E-state index >= 15 is 0 Å². The molecule has 1 atom stereocenters. The molecule has 0 spiro atoms. The number of benzene rings is 1. The SMILES string of the molecule is Cc1ccc2[n+](c1)CC(C(=O)c1ccccc1)CN2. The van der Waals surface area contributed by atoms with Gasteiger partial charge in [-0.05, 0) is 18.6 Å². The van der Waals surface area contributed by atoms with Gasteiger partial charge in [0.2, 0.25) is 0 Å². The Balaban J connectivity index is 1.84. The van der Waals surface area contributed by atoms with Crippen molar-refractivity contribution < 1.29 is 9.36 Å². The molecule has 0 aliphatic carbocycles. The number of carbonyl (C=O) groups excluding carboxylic acids is 1. The zero-order chi connectivity index (χ0) is 13.2. The number of carbonyl (C=O) groups is 1. The van der Waals surface area contributed by atoms with Gasteiger partial charge in [-0.25, -0.2) is 4.57 Å². The number of hydrogen-bond acceptors (Lipinski definition) is 2. The lowest BCUT2D eigenvalue weighted by atomic mass is 9.96. The Labute approximate surface area is 112 Å². The molecule has 96 valence electrons. The van der Waals surface area contributed by atoms with Gasteiger partial charge in [0.1, 0.15) is 6.54 Å². The summed E-state index contributed by atoms with van der Waals surface area (Å²) in [6.45, 7) is 3.52. The highest BCUT2D eigenvalue weighted by Gasteiger charge is 2.29. The Bertz CT molecular complexity index is 607. The van der Waals surface area contributed by atoms with Crippen LogP contribution >= 0.6 is 0 Å². The fourth-order valence-corrected chi connectivity index (χ4v) is 2.52. The minimum atomic E-state index is 0.00157. The molecule has 0 amide bonds. The van der Waals surface area contributed by atoms with Gasteiger partial charge in [0.25, 0.3) is 5.82 Å². The Morgan fingerprint density at radius 1 is 1.21 bits per heavy atom. The molecule has 0 saturated carbocycles. The van der Waals surface area contributed by atoms with E-state index in [1.807, 2.05) is 30.3 Å². The normalized spacial score (nSPS) is 17.4. The van der Waals surface area contributed by atoms with E-state index < -0.39 is 0 Å². The Morgan fingerprint density at radius 3 is 2.79 bits per heavy atom. The van der Waals surface area contributed by atoms with Gasteiger partial charge in [0.15, 0.2) is 5.78 Å². The molecule has 1 unspecified atom stereocenters. The summed E-state index contributed by atoms with van der Waals surface area (Å²) in [5, 5.41) is 3.33. The smallest absolute Gasteiger partial charge is 0.274 e. The molecule has 0 bridgehead atoms. The predicted molar refractivity (Wildman–Crippen MR) is 74.1 cm³/mol. The highest BCUT2D eigenvalue weighted by molar-refractivity contribution is 5.98. The first-order chi connectivity index (χ1) is 9.24. The molecule has 1 aromatic carbocycles. The van der Waals surface area contributed by atoms with E-state index in [9.17, 15) is 4.79 Å². The lowest BCUT2D eigenvalue weighted by molar-refractivity contribution is -0.690. The van der Waals surface area contributed by atoms with Crippen molar-refractivity contribution in [1.82, 2.24) is 0 Å². The summed E-state index contributed by atoms with van der Waals surface area (Å²) >= 11 is 0. The van der Waals surface area contributed by atoms with Crippen LogP contribution < -0.4 is 9.88 Å². The lowest BCUT2D eigenvalue weighted by Gasteiger charge is -2.20. The number of Topliss-reactive ketones (excluding diaryl/α,β-unsaturated/α-hetero) is 1. The third kappa shape index (κ3) is 2.36. The summed E-state index contributed by atoms with van der Waals surface area (Å²) in [7, 11) is 0. The van der Waals surface area contributed by atoms with Crippen LogP contribution in [0.5, 0.6) is 0 Å². The molecule has 3 rings (SSSR count). The van der Waals surface area contributed by atoms with Gasteiger partial charge in [0.05, 0.1) is 18.7 Å². The largest absolute Gasteiger partial charge is 0.294 e. The highest BCUT2D eigenvalue weighted by atomic mass is 16.1. The minimum Gasteiger partial charge on any atom is -0.294 e. The maximum absolute atomic E-state index is 12.4. The lowest BCUT2D eigenvalue weighted by Crippen LogP contribution is -2.49. The van der Waals surface area contributed by atoms with Crippen LogP contribution in [0.25, 0.3) is 0 Å². The van der Waals surface area contributed by atoms with Crippen molar-refractivity contribution in [1.29, 1.82) is 0 Å². The summed E-state index contributed by atoms with van der Waals surface area (Å²) in [4.78, 5) is 12.4. The number of pyridine rings is 1. The van der Waals surface area contributed by atoms with E-state index in [1.165, 1.54) is 5.56 Å². The van der Waals surface area contributed by atoms with Crippen molar-refractivity contribution >= 4 is 11.6 Å². The predicted octanol–water partition coefficient (Wildman–Crippen LogP) is 2.21. The number of ketones is 1. The number of anilines is 1. The van der Waals surface area contributed by atoms with Crippen LogP contribution in [0, 0.1) is 12.8 Å². The zero-order valence-corrected chi connectivity index (χ0v) is 11.0. The molecule has 1 N–H and O–H groups in total. The third-order valence-electron chi connectivity index (χ3n) is 3.55. The summed E-state index contributed by atoms with van der Waals surface area (Å²) in [5.41, 5.74) is 2.00. The number of rotatable bonds is 2. The van der Waals surface area contributed by atoms with Crippen molar-refractivity contribution in [3.8, 4) is 0 Å². The van der Waals surface area contributed by atoms with Gasteiger partial charge in [-0.2, -0.15) is 0 Å². The molecule has 1 aromatic heterocycles. The second kappa shape index (κ2) is 4.84. The van der Waals surface area contributed by atoms with Gasteiger partial charge in [-0.3, -0.25) is 10.1 Å². The summed E-state index contributed by atoms with van der Waals surface area (Å²) in [6, 6.07) is 13.7.